The fourth-order valence-corrected chi connectivity index (χ4v) is 5.03. The molecule has 2 aliphatic rings. The van der Waals surface area contributed by atoms with Crippen molar-refractivity contribution in [1.29, 1.82) is 0 Å². The highest BCUT2D eigenvalue weighted by Gasteiger charge is 2.47. The number of hydrogen-bond donors (Lipinski definition) is 0. The smallest absolute Gasteiger partial charge is 0.266 e. The largest absolute Gasteiger partial charge is 0.286 e. The van der Waals surface area contributed by atoms with Crippen LogP contribution in [0.5, 0.6) is 0 Å². The second-order valence-corrected chi connectivity index (χ2v) is 7.75. The molecule has 0 radical (unpaired) electrons. The van der Waals surface area contributed by atoms with E-state index in [0.29, 0.717) is 11.4 Å². The summed E-state index contributed by atoms with van der Waals surface area (Å²) in [4.78, 5) is 22.6. The third-order valence-corrected chi connectivity index (χ3v) is 6.31. The molecular weight excluding hydrogens is 302 g/mol. The Hall–Kier alpha value is -1.53. The van der Waals surface area contributed by atoms with Crippen LogP contribution >= 0.6 is 22.7 Å². The third kappa shape index (κ3) is 1.75. The zero-order valence-electron chi connectivity index (χ0n) is 11.2. The molecule has 4 nitrogen and oxygen atoms in total. The molecule has 3 aromatic heterocycles. The first kappa shape index (κ1) is 12.1. The molecule has 3 atom stereocenters. The first-order valence-corrected chi connectivity index (χ1v) is 8.97. The number of fused-ring (bicyclic) bond motifs is 2. The number of nitrogens with zero attached hydrogens (tertiary/aromatic N) is 3. The van der Waals surface area contributed by atoms with Crippen LogP contribution in [0.3, 0.4) is 0 Å². The Labute approximate surface area is 129 Å². The fourth-order valence-electron chi connectivity index (χ4n) is 3.64. The van der Waals surface area contributed by atoms with Crippen LogP contribution in [0.15, 0.2) is 27.8 Å². The van der Waals surface area contributed by atoms with Gasteiger partial charge in [0.15, 0.2) is 10.3 Å². The lowest BCUT2D eigenvalue weighted by Gasteiger charge is -2.16. The van der Waals surface area contributed by atoms with E-state index in [9.17, 15) is 4.79 Å². The van der Waals surface area contributed by atoms with E-state index in [-0.39, 0.29) is 5.56 Å². The van der Waals surface area contributed by atoms with E-state index in [1.165, 1.54) is 30.6 Å². The van der Waals surface area contributed by atoms with Gasteiger partial charge in [-0.25, -0.2) is 9.97 Å². The molecule has 1 unspecified atom stereocenters. The predicted molar refractivity (Wildman–Crippen MR) is 84.5 cm³/mol. The van der Waals surface area contributed by atoms with Crippen LogP contribution in [-0.4, -0.2) is 14.5 Å². The fraction of sp³-hybridized carbons (Fsp3) is 0.400. The zero-order valence-corrected chi connectivity index (χ0v) is 12.9. The maximum atomic E-state index is 12.8. The van der Waals surface area contributed by atoms with Gasteiger partial charge in [0, 0.05) is 5.92 Å². The van der Waals surface area contributed by atoms with Crippen LogP contribution < -0.4 is 5.56 Å². The molecule has 3 heterocycles. The van der Waals surface area contributed by atoms with E-state index in [2.05, 4.69) is 4.98 Å². The van der Waals surface area contributed by atoms with Crippen LogP contribution in [0.2, 0.25) is 0 Å². The molecule has 0 spiro atoms. The second-order valence-electron chi connectivity index (χ2n) is 5.99. The van der Waals surface area contributed by atoms with E-state index in [4.69, 9.17) is 4.98 Å². The minimum Gasteiger partial charge on any atom is -0.266 e. The van der Waals surface area contributed by atoms with Crippen molar-refractivity contribution in [3.63, 3.8) is 0 Å². The van der Waals surface area contributed by atoms with Crippen LogP contribution in [0.1, 0.15) is 31.0 Å². The molecule has 2 fully saturated rings. The van der Waals surface area contributed by atoms with Crippen LogP contribution in [-0.2, 0) is 0 Å². The van der Waals surface area contributed by atoms with Gasteiger partial charge in [-0.2, -0.15) is 0 Å². The van der Waals surface area contributed by atoms with Crippen molar-refractivity contribution in [2.75, 3.05) is 0 Å². The lowest BCUT2D eigenvalue weighted by Crippen LogP contribution is -2.24. The Morgan fingerprint density at radius 1 is 1.19 bits per heavy atom. The normalized spacial score (nSPS) is 27.1. The monoisotopic (exact) mass is 315 g/mol. The summed E-state index contributed by atoms with van der Waals surface area (Å²) in [5.74, 6) is 3.13. The lowest BCUT2D eigenvalue weighted by molar-refractivity contribution is 0.574. The van der Waals surface area contributed by atoms with Crippen molar-refractivity contribution in [2.45, 2.75) is 25.2 Å². The highest BCUT2D eigenvalue weighted by molar-refractivity contribution is 7.16. The molecule has 0 aromatic carbocycles. The van der Waals surface area contributed by atoms with Crippen molar-refractivity contribution in [3.8, 4) is 5.00 Å². The van der Waals surface area contributed by atoms with Gasteiger partial charge in [-0.1, -0.05) is 0 Å². The summed E-state index contributed by atoms with van der Waals surface area (Å²) >= 11 is 3.05. The van der Waals surface area contributed by atoms with Gasteiger partial charge < -0.3 is 0 Å². The Bertz CT molecular complexity index is 870. The Morgan fingerprint density at radius 3 is 2.81 bits per heavy atom. The van der Waals surface area contributed by atoms with E-state index in [1.54, 1.807) is 16.8 Å². The van der Waals surface area contributed by atoms with Crippen molar-refractivity contribution < 1.29 is 0 Å². The van der Waals surface area contributed by atoms with Gasteiger partial charge in [0.25, 0.3) is 5.56 Å². The molecule has 3 aromatic rings. The third-order valence-electron chi connectivity index (χ3n) is 4.73. The Balaban J connectivity index is 1.78. The molecule has 0 saturated heterocycles. The first-order chi connectivity index (χ1) is 10.3. The van der Waals surface area contributed by atoms with Crippen molar-refractivity contribution in [3.05, 3.63) is 39.2 Å². The minimum atomic E-state index is -0.0146. The van der Waals surface area contributed by atoms with Crippen molar-refractivity contribution >= 4 is 33.0 Å². The molecule has 0 aliphatic heterocycles. The van der Waals surface area contributed by atoms with Crippen molar-refractivity contribution in [2.24, 2.45) is 11.8 Å². The van der Waals surface area contributed by atoms with Crippen molar-refractivity contribution in [1.82, 2.24) is 14.5 Å². The van der Waals surface area contributed by atoms with E-state index < -0.39 is 0 Å². The number of rotatable bonds is 2. The van der Waals surface area contributed by atoms with Gasteiger partial charge in [-0.15, -0.1) is 22.7 Å². The van der Waals surface area contributed by atoms with Crippen LogP contribution in [0.25, 0.3) is 15.3 Å². The van der Waals surface area contributed by atoms with E-state index in [0.717, 1.165) is 27.5 Å². The molecule has 0 amide bonds. The Morgan fingerprint density at radius 2 is 2.05 bits per heavy atom. The first-order valence-electron chi connectivity index (χ1n) is 7.21. The molecule has 21 heavy (non-hydrogen) atoms. The topological polar surface area (TPSA) is 47.8 Å². The van der Waals surface area contributed by atoms with Gasteiger partial charge in [0.2, 0.25) is 0 Å². The highest BCUT2D eigenvalue weighted by atomic mass is 32.1. The SMILES string of the molecule is O=c1c2ncsc2nc(C2C[C@@H]3C[C@@H]3C2)n1-c1cccs1. The highest BCUT2D eigenvalue weighted by Crippen LogP contribution is 2.57. The van der Waals surface area contributed by atoms with Gasteiger partial charge >= 0.3 is 0 Å². The molecule has 6 heteroatoms. The second kappa shape index (κ2) is 4.24. The van der Waals surface area contributed by atoms with E-state index in [1.807, 2.05) is 22.1 Å². The minimum absolute atomic E-state index is 0.0146. The summed E-state index contributed by atoms with van der Waals surface area (Å²) in [6.45, 7) is 0. The molecule has 0 bridgehead atoms. The van der Waals surface area contributed by atoms with Crippen LogP contribution in [0.4, 0.5) is 0 Å². The predicted octanol–water partition coefficient (Wildman–Crippen LogP) is 3.42. The van der Waals surface area contributed by atoms with Gasteiger partial charge in [0.05, 0.1) is 5.51 Å². The number of aromatic nitrogens is 3. The average molecular weight is 315 g/mol. The maximum absolute atomic E-state index is 12.8. The summed E-state index contributed by atoms with van der Waals surface area (Å²) in [6, 6.07) is 3.97. The van der Waals surface area contributed by atoms with Crippen LogP contribution in [0, 0.1) is 11.8 Å². The standard InChI is InChI=1S/C15H13N3OS2/c19-15-12-14(21-7-16-12)17-13(10-5-8-4-9(8)6-10)18(15)11-2-1-3-20-11/h1-3,7-10H,4-6H2/t8-,9+,10?. The molecule has 106 valence electrons. The van der Waals surface area contributed by atoms with E-state index >= 15 is 0 Å². The maximum Gasteiger partial charge on any atom is 0.286 e. The van der Waals surface area contributed by atoms with Gasteiger partial charge in [0.1, 0.15) is 10.8 Å². The summed E-state index contributed by atoms with van der Waals surface area (Å²) in [6.07, 6.45) is 3.75. The molecule has 2 saturated carbocycles. The summed E-state index contributed by atoms with van der Waals surface area (Å²) in [5, 5.41) is 2.96. The van der Waals surface area contributed by atoms with Gasteiger partial charge in [-0.05, 0) is 48.6 Å². The Kier molecular flexibility index (Phi) is 2.43. The summed E-state index contributed by atoms with van der Waals surface area (Å²) < 4.78 is 1.81. The number of thiophene rings is 1. The van der Waals surface area contributed by atoms with Gasteiger partial charge in [-0.3, -0.25) is 9.36 Å². The molecule has 5 rings (SSSR count). The summed E-state index contributed by atoms with van der Waals surface area (Å²) in [5.41, 5.74) is 2.20. The quantitative estimate of drug-likeness (QED) is 0.728. The zero-order chi connectivity index (χ0) is 14.0. The molecular formula is C15H13N3OS2. The average Bonchev–Trinajstić information content (AvgIpc) is 3.00. The summed E-state index contributed by atoms with van der Waals surface area (Å²) in [7, 11) is 0. The number of hydrogen-bond acceptors (Lipinski definition) is 5. The lowest BCUT2D eigenvalue weighted by atomic mass is 10.0. The molecule has 0 N–H and O–H groups in total. The number of thiazole rings is 1. The molecule has 2 aliphatic carbocycles.